The topological polar surface area (TPSA) is 186 Å². The normalized spacial score (nSPS) is 45.6. The second-order valence-corrected chi connectivity index (χ2v) is 14.6. The van der Waals surface area contributed by atoms with Crippen LogP contribution in [0.5, 0.6) is 0 Å². The Morgan fingerprint density at radius 2 is 1.66 bits per heavy atom. The number of rotatable bonds is 9. The Morgan fingerprint density at radius 1 is 0.960 bits per heavy atom. The number of esters is 1. The van der Waals surface area contributed by atoms with E-state index in [0.717, 1.165) is 0 Å². The van der Waals surface area contributed by atoms with Gasteiger partial charge in [0.15, 0.2) is 12.6 Å². The van der Waals surface area contributed by atoms with Gasteiger partial charge in [-0.2, -0.15) is 0 Å². The molecule has 50 heavy (non-hydrogen) atoms. The number of carbonyl (C=O) groups excluding carboxylic acids is 1. The van der Waals surface area contributed by atoms with Gasteiger partial charge in [0.1, 0.15) is 30.5 Å². The summed E-state index contributed by atoms with van der Waals surface area (Å²) in [6, 6.07) is -0.670. The maximum Gasteiger partial charge on any atom is 0.308 e. The summed E-state index contributed by atoms with van der Waals surface area (Å²) in [5, 5.41) is 54.3. The van der Waals surface area contributed by atoms with Crippen molar-refractivity contribution in [2.75, 3.05) is 34.9 Å². The van der Waals surface area contributed by atoms with Crippen LogP contribution in [0.1, 0.15) is 66.7 Å². The van der Waals surface area contributed by atoms with Gasteiger partial charge in [0.25, 0.3) is 0 Å². The molecule has 0 aliphatic carbocycles. The lowest BCUT2D eigenvalue weighted by molar-refractivity contribution is -0.344. The largest absolute Gasteiger partial charge is 0.462 e. The minimum Gasteiger partial charge on any atom is -0.462 e. The third kappa shape index (κ3) is 11.2. The molecular weight excluding hydrogens is 654 g/mol. The minimum absolute atomic E-state index is 0.00740. The smallest absolute Gasteiger partial charge is 0.308 e. The first-order valence-electron chi connectivity index (χ1n) is 17.8. The average Bonchev–Trinajstić information content (AvgIpc) is 3.03. The first-order chi connectivity index (χ1) is 23.5. The predicted molar refractivity (Wildman–Crippen MR) is 183 cm³/mol. The Kier molecular flexibility index (Phi) is 16.7. The first kappa shape index (κ1) is 42.9. The van der Waals surface area contributed by atoms with Crippen molar-refractivity contribution in [3.63, 3.8) is 0 Å². The Morgan fingerprint density at radius 3 is 2.26 bits per heavy atom. The number of aliphatic hydroxyl groups is 5. The molecule has 0 aromatic heterocycles. The van der Waals surface area contributed by atoms with Crippen molar-refractivity contribution in [2.45, 2.75) is 152 Å². The summed E-state index contributed by atoms with van der Waals surface area (Å²) in [4.78, 5) is 14.9. The maximum absolute atomic E-state index is 13.1. The first-order valence-corrected chi connectivity index (χ1v) is 17.8. The van der Waals surface area contributed by atoms with Crippen molar-refractivity contribution in [2.24, 2.45) is 11.8 Å². The maximum atomic E-state index is 13.1. The number of nitrogens with zero attached hydrogens (tertiary/aromatic N) is 1. The van der Waals surface area contributed by atoms with Gasteiger partial charge < -0.3 is 63.6 Å². The van der Waals surface area contributed by atoms with Gasteiger partial charge >= 0.3 is 5.97 Å². The van der Waals surface area contributed by atoms with Crippen LogP contribution in [-0.4, -0.2) is 157 Å². The molecule has 0 aromatic rings. The lowest BCUT2D eigenvalue weighted by Crippen LogP contribution is -2.65. The SMILES string of the molecule is CO[C@H]1[C@@H](O[C@@H]2O[C@H](C)[C@H](O[C@@H]3C[C@@](C)(O)[C@H](O)[C@@H](C)O3)[C@H](N(C)C)[C@@H]2O)[C@@H](CCO)C[C@H](C)[C@@H](O)/C=C/C=C/C[C@H](C)OC(=O)C[C@H]1OC. The van der Waals surface area contributed by atoms with Crippen LogP contribution in [-0.2, 0) is 38.0 Å². The van der Waals surface area contributed by atoms with E-state index in [4.69, 9.17) is 33.2 Å². The van der Waals surface area contributed by atoms with E-state index in [0.29, 0.717) is 12.8 Å². The van der Waals surface area contributed by atoms with Crippen LogP contribution in [0.2, 0.25) is 0 Å². The monoisotopic (exact) mass is 717 g/mol. The Labute approximate surface area is 297 Å². The number of hydrogen-bond acceptors (Lipinski definition) is 14. The van der Waals surface area contributed by atoms with E-state index in [1.54, 1.807) is 58.0 Å². The van der Waals surface area contributed by atoms with Crippen molar-refractivity contribution in [1.82, 2.24) is 4.90 Å². The van der Waals surface area contributed by atoms with Gasteiger partial charge in [-0.3, -0.25) is 4.79 Å². The fraction of sp³-hybridized carbons (Fsp3) is 0.861. The summed E-state index contributed by atoms with van der Waals surface area (Å²) < 4.78 is 42.7. The van der Waals surface area contributed by atoms with Crippen molar-refractivity contribution in [3.05, 3.63) is 24.3 Å². The summed E-state index contributed by atoms with van der Waals surface area (Å²) in [5.41, 5.74) is -1.44. The third-order valence-corrected chi connectivity index (χ3v) is 10.2. The zero-order valence-corrected chi connectivity index (χ0v) is 31.2. The van der Waals surface area contributed by atoms with Gasteiger partial charge in [0.05, 0.1) is 48.6 Å². The highest BCUT2D eigenvalue weighted by Gasteiger charge is 2.51. The lowest BCUT2D eigenvalue weighted by atomic mass is 9.82. The zero-order valence-electron chi connectivity index (χ0n) is 31.2. The molecule has 0 amide bonds. The molecule has 3 aliphatic rings. The molecule has 2 fully saturated rings. The highest BCUT2D eigenvalue weighted by Crippen LogP contribution is 2.37. The fourth-order valence-electron chi connectivity index (χ4n) is 7.33. The molecule has 290 valence electrons. The molecule has 2 saturated heterocycles. The van der Waals surface area contributed by atoms with Crippen LogP contribution in [0.4, 0.5) is 0 Å². The molecule has 0 saturated carbocycles. The quantitative estimate of drug-likeness (QED) is 0.215. The second kappa shape index (κ2) is 19.5. The van der Waals surface area contributed by atoms with E-state index in [9.17, 15) is 30.3 Å². The van der Waals surface area contributed by atoms with Gasteiger partial charge in [0, 0.05) is 33.7 Å². The molecule has 14 nitrogen and oxygen atoms in total. The summed E-state index contributed by atoms with van der Waals surface area (Å²) in [6.45, 7) is 8.47. The van der Waals surface area contributed by atoms with Crippen LogP contribution in [0.15, 0.2) is 24.3 Å². The van der Waals surface area contributed by atoms with E-state index >= 15 is 0 Å². The van der Waals surface area contributed by atoms with Crippen LogP contribution in [0, 0.1) is 11.8 Å². The summed E-state index contributed by atoms with van der Waals surface area (Å²) in [5.74, 6) is -1.19. The third-order valence-electron chi connectivity index (χ3n) is 10.2. The number of allylic oxidation sites excluding steroid dienone is 2. The number of likely N-dealkylation sites (N-methyl/N-ethyl adjacent to an activating group) is 1. The molecule has 0 spiro atoms. The standard InChI is InChI=1S/C36H63NO13/c1-20-17-24(15-16-38)32(33(45-9)26(44-8)18-27(40)46-21(2)13-11-10-12-14-25(20)39)50-35-30(41)29(37(6)7)31(22(3)48-35)49-28-19-36(5,43)34(42)23(4)47-28/h10-12,14,20-26,28-35,38-39,41-43H,13,15-19H2,1-9H3/b11-10+,14-12+/t20-,21-,22+,23+,24-,25-,26+,28+,29+,30-,31-,32-,33+,34+,35-,36+/m0/s1. The van der Waals surface area contributed by atoms with E-state index in [2.05, 4.69) is 0 Å². The van der Waals surface area contributed by atoms with E-state index in [-0.39, 0.29) is 31.8 Å². The average molecular weight is 718 g/mol. The van der Waals surface area contributed by atoms with E-state index in [1.165, 1.54) is 21.1 Å². The number of methoxy groups -OCH3 is 2. The Balaban J connectivity index is 1.97. The summed E-state index contributed by atoms with van der Waals surface area (Å²) >= 11 is 0. The van der Waals surface area contributed by atoms with Gasteiger partial charge in [0.2, 0.25) is 0 Å². The van der Waals surface area contributed by atoms with Crippen LogP contribution < -0.4 is 0 Å². The minimum atomic E-state index is -1.44. The number of ether oxygens (including phenoxy) is 7. The molecule has 3 aliphatic heterocycles. The van der Waals surface area contributed by atoms with Crippen molar-refractivity contribution in [1.29, 1.82) is 0 Å². The molecule has 0 bridgehead atoms. The number of cyclic esters (lactones) is 1. The predicted octanol–water partition coefficient (Wildman–Crippen LogP) is 1.29. The molecule has 3 rings (SSSR count). The van der Waals surface area contributed by atoms with Crippen molar-refractivity contribution < 1.29 is 63.5 Å². The summed E-state index contributed by atoms with van der Waals surface area (Å²) in [6.07, 6.45) is -2.22. The Bertz CT molecular complexity index is 1090. The highest BCUT2D eigenvalue weighted by atomic mass is 16.7. The molecule has 0 radical (unpaired) electrons. The summed E-state index contributed by atoms with van der Waals surface area (Å²) in [7, 11) is 6.53. The highest BCUT2D eigenvalue weighted by molar-refractivity contribution is 5.70. The molecule has 0 unspecified atom stereocenters. The van der Waals surface area contributed by atoms with Gasteiger partial charge in [-0.05, 0) is 66.5 Å². The van der Waals surface area contributed by atoms with Gasteiger partial charge in [-0.15, -0.1) is 0 Å². The number of hydrogen-bond donors (Lipinski definition) is 5. The molecule has 3 heterocycles. The zero-order chi connectivity index (χ0) is 37.3. The molecule has 0 aromatic carbocycles. The van der Waals surface area contributed by atoms with Crippen LogP contribution >= 0.6 is 0 Å². The Hall–Kier alpha value is -1.53. The molecular formula is C36H63NO13. The fourth-order valence-corrected chi connectivity index (χ4v) is 7.33. The van der Waals surface area contributed by atoms with E-state index in [1.807, 2.05) is 13.0 Å². The lowest BCUT2D eigenvalue weighted by Gasteiger charge is -2.50. The number of carbonyl (C=O) groups is 1. The van der Waals surface area contributed by atoms with Crippen LogP contribution in [0.25, 0.3) is 0 Å². The van der Waals surface area contributed by atoms with Gasteiger partial charge in [-0.25, -0.2) is 0 Å². The second-order valence-electron chi connectivity index (χ2n) is 14.6. The van der Waals surface area contributed by atoms with Crippen molar-refractivity contribution in [3.8, 4) is 0 Å². The molecule has 14 heteroatoms. The number of aliphatic hydroxyl groups excluding tert-OH is 4. The van der Waals surface area contributed by atoms with Gasteiger partial charge in [-0.1, -0.05) is 31.2 Å². The van der Waals surface area contributed by atoms with Crippen molar-refractivity contribution >= 4 is 5.97 Å². The molecule has 16 atom stereocenters. The van der Waals surface area contributed by atoms with Crippen LogP contribution in [0.3, 0.4) is 0 Å². The van der Waals surface area contributed by atoms with E-state index < -0.39 is 97.1 Å². The molecule has 5 N–H and O–H groups in total.